The molecule has 1 fully saturated rings. The largest absolute Gasteiger partial charge is 0.494 e. The van der Waals surface area contributed by atoms with Crippen LogP contribution in [0, 0.1) is 5.92 Å². The van der Waals surface area contributed by atoms with Crippen molar-refractivity contribution < 1.29 is 18.9 Å². The standard InChI is InChI=1S/C26H32N2O4S/c1-17-10-6-8-12-20(17)28-21(18-14-23(30-3)25(32-5)24(15-18)31-4)16-33-26(28)27-19-11-7-9-13-22(19)29-2/h7,9,11,13-17,20H,6,8,10,12H2,1-5H3. The minimum absolute atomic E-state index is 0.368. The Kier molecular flexibility index (Phi) is 7.28. The third kappa shape index (κ3) is 4.60. The topological polar surface area (TPSA) is 54.2 Å². The van der Waals surface area contributed by atoms with Crippen LogP contribution in [0.4, 0.5) is 5.69 Å². The van der Waals surface area contributed by atoms with E-state index >= 15 is 0 Å². The number of methoxy groups -OCH3 is 4. The van der Waals surface area contributed by atoms with E-state index in [4.69, 9.17) is 23.9 Å². The first kappa shape index (κ1) is 23.2. The molecule has 7 heteroatoms. The van der Waals surface area contributed by atoms with E-state index in [-0.39, 0.29) is 0 Å². The van der Waals surface area contributed by atoms with Crippen LogP contribution >= 0.6 is 11.3 Å². The summed E-state index contributed by atoms with van der Waals surface area (Å²) >= 11 is 1.65. The van der Waals surface area contributed by atoms with Crippen molar-refractivity contribution >= 4 is 17.0 Å². The number of rotatable bonds is 7. The predicted molar refractivity (Wildman–Crippen MR) is 132 cm³/mol. The first-order valence-corrected chi connectivity index (χ1v) is 12.2. The molecule has 1 heterocycles. The van der Waals surface area contributed by atoms with Crippen molar-refractivity contribution in [2.45, 2.75) is 38.6 Å². The van der Waals surface area contributed by atoms with Gasteiger partial charge in [0.1, 0.15) is 11.4 Å². The van der Waals surface area contributed by atoms with Gasteiger partial charge in [0.25, 0.3) is 0 Å². The first-order valence-electron chi connectivity index (χ1n) is 11.3. The van der Waals surface area contributed by atoms with Crippen LogP contribution in [0.25, 0.3) is 11.3 Å². The molecule has 0 bridgehead atoms. The van der Waals surface area contributed by atoms with E-state index in [9.17, 15) is 0 Å². The lowest BCUT2D eigenvalue weighted by Gasteiger charge is -2.31. The molecule has 176 valence electrons. The normalized spacial score (nSPS) is 18.8. The molecule has 1 saturated carbocycles. The molecule has 0 amide bonds. The van der Waals surface area contributed by atoms with Gasteiger partial charge < -0.3 is 23.5 Å². The first-order chi connectivity index (χ1) is 16.1. The molecule has 33 heavy (non-hydrogen) atoms. The second kappa shape index (κ2) is 10.3. The minimum atomic E-state index is 0.368. The summed E-state index contributed by atoms with van der Waals surface area (Å²) < 4.78 is 24.8. The van der Waals surface area contributed by atoms with Crippen LogP contribution in [0.5, 0.6) is 23.0 Å². The van der Waals surface area contributed by atoms with E-state index in [0.717, 1.165) is 33.9 Å². The molecule has 1 aromatic heterocycles. The van der Waals surface area contributed by atoms with Crippen molar-refractivity contribution in [1.29, 1.82) is 0 Å². The smallest absolute Gasteiger partial charge is 0.203 e. The highest BCUT2D eigenvalue weighted by molar-refractivity contribution is 7.07. The Bertz CT molecular complexity index is 1140. The Balaban J connectivity index is 1.94. The van der Waals surface area contributed by atoms with Crippen LogP contribution in [0.15, 0.2) is 46.8 Å². The molecular formula is C26H32N2O4S. The zero-order valence-electron chi connectivity index (χ0n) is 20.0. The van der Waals surface area contributed by atoms with Gasteiger partial charge in [-0.2, -0.15) is 0 Å². The van der Waals surface area contributed by atoms with E-state index < -0.39 is 0 Å². The average Bonchev–Trinajstić information content (AvgIpc) is 3.26. The Morgan fingerprint density at radius 2 is 1.55 bits per heavy atom. The van der Waals surface area contributed by atoms with Crippen molar-refractivity contribution in [2.24, 2.45) is 10.9 Å². The maximum Gasteiger partial charge on any atom is 0.203 e. The molecule has 4 rings (SSSR count). The van der Waals surface area contributed by atoms with Crippen molar-refractivity contribution in [3.05, 3.63) is 46.6 Å². The van der Waals surface area contributed by atoms with Crippen LogP contribution < -0.4 is 23.7 Å². The van der Waals surface area contributed by atoms with Crippen LogP contribution in [-0.2, 0) is 0 Å². The van der Waals surface area contributed by atoms with Crippen LogP contribution in [-0.4, -0.2) is 33.0 Å². The number of hydrogen-bond acceptors (Lipinski definition) is 6. The van der Waals surface area contributed by atoms with Crippen molar-refractivity contribution in [3.8, 4) is 34.3 Å². The van der Waals surface area contributed by atoms with Gasteiger partial charge in [-0.25, -0.2) is 4.99 Å². The summed E-state index contributed by atoms with van der Waals surface area (Å²) in [5.41, 5.74) is 2.95. The summed E-state index contributed by atoms with van der Waals surface area (Å²) in [6, 6.07) is 12.3. The van der Waals surface area contributed by atoms with E-state index in [2.05, 4.69) is 16.9 Å². The summed E-state index contributed by atoms with van der Waals surface area (Å²) in [7, 11) is 6.60. The minimum Gasteiger partial charge on any atom is -0.494 e. The lowest BCUT2D eigenvalue weighted by molar-refractivity contribution is 0.255. The lowest BCUT2D eigenvalue weighted by Crippen LogP contribution is -2.28. The quantitative estimate of drug-likeness (QED) is 0.412. The predicted octanol–water partition coefficient (Wildman–Crippen LogP) is 6.23. The van der Waals surface area contributed by atoms with Crippen LogP contribution in [0.2, 0.25) is 0 Å². The monoisotopic (exact) mass is 468 g/mol. The summed E-state index contributed by atoms with van der Waals surface area (Å²) in [4.78, 5) is 6.02. The number of ether oxygens (including phenoxy) is 4. The van der Waals surface area contributed by atoms with Gasteiger partial charge in [-0.05, 0) is 43.0 Å². The molecular weight excluding hydrogens is 436 g/mol. The molecule has 0 aliphatic heterocycles. The van der Waals surface area contributed by atoms with E-state index in [1.165, 1.54) is 19.3 Å². The second-order valence-electron chi connectivity index (χ2n) is 8.30. The molecule has 6 nitrogen and oxygen atoms in total. The maximum atomic E-state index is 5.63. The van der Waals surface area contributed by atoms with Crippen molar-refractivity contribution in [3.63, 3.8) is 0 Å². The van der Waals surface area contributed by atoms with Crippen molar-refractivity contribution in [1.82, 2.24) is 4.57 Å². The van der Waals surface area contributed by atoms with Crippen LogP contribution in [0.1, 0.15) is 38.6 Å². The summed E-state index contributed by atoms with van der Waals surface area (Å²) in [6.07, 6.45) is 4.85. The molecule has 0 spiro atoms. The highest BCUT2D eigenvalue weighted by Gasteiger charge is 2.27. The Morgan fingerprint density at radius 3 is 2.18 bits per heavy atom. The van der Waals surface area contributed by atoms with Gasteiger partial charge in [-0.15, -0.1) is 11.3 Å². The Labute approximate surface area is 199 Å². The van der Waals surface area contributed by atoms with Gasteiger partial charge in [-0.3, -0.25) is 0 Å². The van der Waals surface area contributed by atoms with Gasteiger partial charge in [0, 0.05) is 17.0 Å². The van der Waals surface area contributed by atoms with Gasteiger partial charge >= 0.3 is 0 Å². The van der Waals surface area contributed by atoms with Gasteiger partial charge in [-0.1, -0.05) is 31.9 Å². The molecule has 2 aromatic carbocycles. The summed E-state index contributed by atoms with van der Waals surface area (Å²) in [6.45, 7) is 2.35. The molecule has 2 unspecified atom stereocenters. The van der Waals surface area contributed by atoms with E-state index in [1.807, 2.05) is 36.4 Å². The zero-order chi connectivity index (χ0) is 23.4. The van der Waals surface area contributed by atoms with E-state index in [1.54, 1.807) is 39.8 Å². The average molecular weight is 469 g/mol. The zero-order valence-corrected chi connectivity index (χ0v) is 20.8. The summed E-state index contributed by atoms with van der Waals surface area (Å²) in [5, 5.41) is 2.18. The molecule has 2 atom stereocenters. The molecule has 0 radical (unpaired) electrons. The maximum absolute atomic E-state index is 5.63. The van der Waals surface area contributed by atoms with Crippen LogP contribution in [0.3, 0.4) is 0 Å². The highest BCUT2D eigenvalue weighted by Crippen LogP contribution is 2.43. The second-order valence-corrected chi connectivity index (χ2v) is 9.14. The van der Waals surface area contributed by atoms with Gasteiger partial charge in [0.2, 0.25) is 5.75 Å². The Morgan fingerprint density at radius 1 is 0.879 bits per heavy atom. The number of para-hydroxylation sites is 2. The number of hydrogen-bond donors (Lipinski definition) is 0. The highest BCUT2D eigenvalue weighted by atomic mass is 32.1. The Hall–Kier alpha value is -2.93. The number of benzene rings is 2. The molecule has 0 N–H and O–H groups in total. The fourth-order valence-electron chi connectivity index (χ4n) is 4.67. The lowest BCUT2D eigenvalue weighted by atomic mass is 9.85. The van der Waals surface area contributed by atoms with E-state index in [0.29, 0.717) is 29.2 Å². The fourth-order valence-corrected chi connectivity index (χ4v) is 5.63. The molecule has 1 aliphatic carbocycles. The third-order valence-electron chi connectivity index (χ3n) is 6.40. The number of aromatic nitrogens is 1. The molecule has 1 aliphatic rings. The SMILES string of the molecule is COc1ccccc1N=c1scc(-c2cc(OC)c(OC)c(OC)c2)n1C1CCCCC1C. The summed E-state index contributed by atoms with van der Waals surface area (Å²) in [5.74, 6) is 3.21. The molecule has 3 aromatic rings. The van der Waals surface area contributed by atoms with Gasteiger partial charge in [0.15, 0.2) is 16.3 Å². The fraction of sp³-hybridized carbons (Fsp3) is 0.423. The van der Waals surface area contributed by atoms with Crippen molar-refractivity contribution in [2.75, 3.05) is 28.4 Å². The third-order valence-corrected chi connectivity index (χ3v) is 7.24. The van der Waals surface area contributed by atoms with Gasteiger partial charge in [0.05, 0.1) is 34.1 Å². The molecule has 0 saturated heterocycles. The number of nitrogens with zero attached hydrogens (tertiary/aromatic N) is 2. The number of thiazole rings is 1.